The fourth-order valence-corrected chi connectivity index (χ4v) is 2.96. The largest absolute Gasteiger partial charge is 0.352 e. The van der Waals surface area contributed by atoms with Crippen molar-refractivity contribution in [1.29, 1.82) is 0 Å². The van der Waals surface area contributed by atoms with E-state index in [0.717, 1.165) is 40.5 Å². The predicted octanol–water partition coefficient (Wildman–Crippen LogP) is 4.74. The van der Waals surface area contributed by atoms with Gasteiger partial charge < -0.3 is 5.32 Å². The predicted molar refractivity (Wildman–Crippen MR) is 83.4 cm³/mol. The highest BCUT2D eigenvalue weighted by molar-refractivity contribution is 9.11. The molecule has 100 valence electrons. The van der Waals surface area contributed by atoms with E-state index in [-0.39, 0.29) is 5.91 Å². The monoisotopic (exact) mass is 395 g/mol. The van der Waals surface area contributed by atoms with E-state index in [9.17, 15) is 4.79 Å². The quantitative estimate of drug-likeness (QED) is 0.523. The standard InChI is InChI=1S/C13H16Br2ClNO/c14-10-5-6-11(12(15)9-10)13(18)17-8-4-2-1-3-7-16/h5-6,9H,1-4,7-8H2,(H,17,18). The van der Waals surface area contributed by atoms with Gasteiger partial charge in [-0.2, -0.15) is 0 Å². The summed E-state index contributed by atoms with van der Waals surface area (Å²) in [5.74, 6) is 0.685. The van der Waals surface area contributed by atoms with E-state index < -0.39 is 0 Å². The van der Waals surface area contributed by atoms with Crippen molar-refractivity contribution in [3.63, 3.8) is 0 Å². The number of alkyl halides is 1. The summed E-state index contributed by atoms with van der Waals surface area (Å²) in [6.07, 6.45) is 4.28. The van der Waals surface area contributed by atoms with Crippen molar-refractivity contribution >= 4 is 49.4 Å². The second-order valence-electron chi connectivity index (χ2n) is 3.98. The lowest BCUT2D eigenvalue weighted by Gasteiger charge is -2.07. The van der Waals surface area contributed by atoms with Crippen LogP contribution in [0.15, 0.2) is 27.1 Å². The number of nitrogens with one attached hydrogen (secondary N) is 1. The first-order valence-corrected chi connectivity index (χ1v) is 8.06. The number of halogens is 3. The molecule has 0 bridgehead atoms. The van der Waals surface area contributed by atoms with Gasteiger partial charge in [-0.05, 0) is 47.0 Å². The molecule has 5 heteroatoms. The minimum absolute atomic E-state index is 0.0354. The zero-order chi connectivity index (χ0) is 13.4. The van der Waals surface area contributed by atoms with Crippen molar-refractivity contribution in [1.82, 2.24) is 5.32 Å². The third kappa shape index (κ3) is 5.72. The van der Waals surface area contributed by atoms with E-state index in [2.05, 4.69) is 37.2 Å². The maximum Gasteiger partial charge on any atom is 0.252 e. The molecule has 1 amide bonds. The molecule has 0 spiro atoms. The molecule has 0 aliphatic heterocycles. The van der Waals surface area contributed by atoms with Gasteiger partial charge in [-0.25, -0.2) is 0 Å². The molecule has 0 saturated carbocycles. The summed E-state index contributed by atoms with van der Waals surface area (Å²) >= 11 is 12.3. The molecule has 0 heterocycles. The van der Waals surface area contributed by atoms with E-state index in [1.54, 1.807) is 6.07 Å². The molecule has 0 aliphatic rings. The Morgan fingerprint density at radius 1 is 1.17 bits per heavy atom. The van der Waals surface area contributed by atoms with Gasteiger partial charge in [0.15, 0.2) is 0 Å². The van der Waals surface area contributed by atoms with Crippen LogP contribution < -0.4 is 5.32 Å². The summed E-state index contributed by atoms with van der Waals surface area (Å²) in [6.45, 7) is 0.712. The Morgan fingerprint density at radius 3 is 2.56 bits per heavy atom. The maximum atomic E-state index is 11.9. The summed E-state index contributed by atoms with van der Waals surface area (Å²) in [6, 6.07) is 5.53. The van der Waals surface area contributed by atoms with Crippen molar-refractivity contribution in [3.8, 4) is 0 Å². The molecule has 1 aromatic carbocycles. The van der Waals surface area contributed by atoms with Gasteiger partial charge in [-0.1, -0.05) is 28.8 Å². The number of hydrogen-bond donors (Lipinski definition) is 1. The Hall–Kier alpha value is -0.0600. The van der Waals surface area contributed by atoms with Gasteiger partial charge in [0.05, 0.1) is 5.56 Å². The zero-order valence-corrected chi connectivity index (χ0v) is 13.9. The van der Waals surface area contributed by atoms with Gasteiger partial charge in [-0.3, -0.25) is 4.79 Å². The first-order chi connectivity index (χ1) is 8.65. The Morgan fingerprint density at radius 2 is 1.89 bits per heavy atom. The molecular formula is C13H16Br2ClNO. The van der Waals surface area contributed by atoms with Gasteiger partial charge in [0.1, 0.15) is 0 Å². The first-order valence-electron chi connectivity index (χ1n) is 5.94. The second-order valence-corrected chi connectivity index (χ2v) is 6.13. The van der Waals surface area contributed by atoms with Crippen LogP contribution in [0.2, 0.25) is 0 Å². The Labute approximate surface area is 130 Å². The number of unbranched alkanes of at least 4 members (excludes halogenated alkanes) is 3. The number of carbonyl (C=O) groups excluding carboxylic acids is 1. The highest BCUT2D eigenvalue weighted by atomic mass is 79.9. The summed E-state index contributed by atoms with van der Waals surface area (Å²) < 4.78 is 1.75. The van der Waals surface area contributed by atoms with Gasteiger partial charge in [0.2, 0.25) is 0 Å². The average molecular weight is 398 g/mol. The fraction of sp³-hybridized carbons (Fsp3) is 0.462. The number of hydrogen-bond acceptors (Lipinski definition) is 1. The van der Waals surface area contributed by atoms with Crippen LogP contribution in [0.4, 0.5) is 0 Å². The van der Waals surface area contributed by atoms with E-state index in [1.165, 1.54) is 0 Å². The minimum Gasteiger partial charge on any atom is -0.352 e. The van der Waals surface area contributed by atoms with Crippen LogP contribution >= 0.6 is 43.5 Å². The van der Waals surface area contributed by atoms with Crippen LogP contribution in [0.25, 0.3) is 0 Å². The average Bonchev–Trinajstić information content (AvgIpc) is 2.33. The lowest BCUT2D eigenvalue weighted by atomic mass is 10.2. The molecule has 18 heavy (non-hydrogen) atoms. The third-order valence-electron chi connectivity index (χ3n) is 2.52. The van der Waals surface area contributed by atoms with Gasteiger partial charge in [-0.15, -0.1) is 11.6 Å². The van der Waals surface area contributed by atoms with Crippen LogP contribution in [0.3, 0.4) is 0 Å². The second kappa shape index (κ2) is 8.94. The topological polar surface area (TPSA) is 29.1 Å². The molecule has 0 radical (unpaired) electrons. The third-order valence-corrected chi connectivity index (χ3v) is 3.94. The van der Waals surface area contributed by atoms with E-state index in [1.807, 2.05) is 12.1 Å². The van der Waals surface area contributed by atoms with Crippen molar-refractivity contribution in [3.05, 3.63) is 32.7 Å². The van der Waals surface area contributed by atoms with Crippen LogP contribution in [0.1, 0.15) is 36.0 Å². The molecule has 0 aromatic heterocycles. The lowest BCUT2D eigenvalue weighted by molar-refractivity contribution is 0.0952. The smallest absolute Gasteiger partial charge is 0.252 e. The van der Waals surface area contributed by atoms with Gasteiger partial charge in [0.25, 0.3) is 5.91 Å². The fourth-order valence-electron chi connectivity index (χ4n) is 1.54. The highest BCUT2D eigenvalue weighted by Gasteiger charge is 2.09. The SMILES string of the molecule is O=C(NCCCCCCCl)c1ccc(Br)cc1Br. The summed E-state index contributed by atoms with van der Waals surface area (Å²) in [4.78, 5) is 11.9. The van der Waals surface area contributed by atoms with E-state index in [4.69, 9.17) is 11.6 Å². The maximum absolute atomic E-state index is 11.9. The number of rotatable bonds is 7. The molecule has 1 aromatic rings. The minimum atomic E-state index is -0.0354. The van der Waals surface area contributed by atoms with Crippen molar-refractivity contribution in [2.45, 2.75) is 25.7 Å². The van der Waals surface area contributed by atoms with Crippen molar-refractivity contribution in [2.75, 3.05) is 12.4 Å². The Kier molecular flexibility index (Phi) is 7.95. The van der Waals surface area contributed by atoms with Crippen molar-refractivity contribution in [2.24, 2.45) is 0 Å². The summed E-state index contributed by atoms with van der Waals surface area (Å²) in [5, 5.41) is 2.92. The molecule has 0 unspecified atom stereocenters. The van der Waals surface area contributed by atoms with Crippen LogP contribution in [0.5, 0.6) is 0 Å². The van der Waals surface area contributed by atoms with Crippen LogP contribution in [-0.4, -0.2) is 18.3 Å². The number of benzene rings is 1. The first kappa shape index (κ1) is 16.0. The summed E-state index contributed by atoms with van der Waals surface area (Å²) in [5.41, 5.74) is 0.666. The Bertz CT molecular complexity index is 399. The van der Waals surface area contributed by atoms with E-state index >= 15 is 0 Å². The summed E-state index contributed by atoms with van der Waals surface area (Å²) in [7, 11) is 0. The molecule has 2 nitrogen and oxygen atoms in total. The lowest BCUT2D eigenvalue weighted by Crippen LogP contribution is -2.24. The van der Waals surface area contributed by atoms with Gasteiger partial charge >= 0.3 is 0 Å². The molecule has 1 N–H and O–H groups in total. The number of carbonyl (C=O) groups is 1. The van der Waals surface area contributed by atoms with Crippen LogP contribution in [0, 0.1) is 0 Å². The molecule has 0 atom stereocenters. The zero-order valence-electron chi connectivity index (χ0n) is 10.0. The number of amides is 1. The normalized spacial score (nSPS) is 10.4. The molecule has 0 saturated heterocycles. The molecule has 0 aliphatic carbocycles. The molecule has 0 fully saturated rings. The molecule has 1 rings (SSSR count). The van der Waals surface area contributed by atoms with Crippen molar-refractivity contribution < 1.29 is 4.79 Å². The van der Waals surface area contributed by atoms with E-state index in [0.29, 0.717) is 12.1 Å². The molecular weight excluding hydrogens is 381 g/mol. The Balaban J connectivity index is 2.32. The van der Waals surface area contributed by atoms with Gasteiger partial charge in [0, 0.05) is 21.4 Å². The van der Waals surface area contributed by atoms with Crippen LogP contribution in [-0.2, 0) is 0 Å². The highest BCUT2D eigenvalue weighted by Crippen LogP contribution is 2.21.